The molecule has 0 aliphatic heterocycles. The molecule has 0 saturated heterocycles. The summed E-state index contributed by atoms with van der Waals surface area (Å²) in [5.74, 6) is 0.162. The van der Waals surface area contributed by atoms with Gasteiger partial charge in [-0.25, -0.2) is 0 Å². The molecule has 0 bridgehead atoms. The number of pyridine rings is 1. The predicted octanol–water partition coefficient (Wildman–Crippen LogP) is 2.57. The lowest BCUT2D eigenvalue weighted by atomic mass is 9.95. The van der Waals surface area contributed by atoms with Gasteiger partial charge < -0.3 is 16.0 Å². The molecule has 1 aliphatic rings. The Morgan fingerprint density at radius 3 is 2.78 bits per heavy atom. The molecular formula is C16H19BrClN3O2. The highest BCUT2D eigenvalue weighted by molar-refractivity contribution is 9.10. The van der Waals surface area contributed by atoms with Gasteiger partial charge in [0.2, 0.25) is 5.56 Å². The molecule has 1 atom stereocenters. The van der Waals surface area contributed by atoms with Crippen LogP contribution in [0.1, 0.15) is 30.1 Å². The molecule has 124 valence electrons. The Balaban J connectivity index is 0.00000192. The van der Waals surface area contributed by atoms with Gasteiger partial charge in [-0.1, -0.05) is 12.1 Å². The van der Waals surface area contributed by atoms with Crippen LogP contribution in [0.5, 0.6) is 0 Å². The standard InChI is InChI=1S/C16H18BrN3O2.ClH/c1-16(8-18,9-5-6-9)20-15(22)11-7-13(21)19-14-10(11)3-2-4-12(14)17;/h2-4,7,9H,5-6,8,18H2,1H3,(H,19,21)(H,20,22);1H. The number of rotatable bonds is 4. The SMILES string of the molecule is CC(CN)(NC(=O)c1cc(=O)[nH]c2c(Br)cccc12)C1CC1.Cl. The molecule has 4 N–H and O–H groups in total. The number of aromatic nitrogens is 1. The van der Waals surface area contributed by atoms with Gasteiger partial charge in [0.15, 0.2) is 0 Å². The number of carbonyl (C=O) groups excluding carboxylic acids is 1. The smallest absolute Gasteiger partial charge is 0.252 e. The van der Waals surface area contributed by atoms with E-state index in [-0.39, 0.29) is 23.9 Å². The third-order valence-electron chi connectivity index (χ3n) is 4.37. The van der Waals surface area contributed by atoms with Crippen molar-refractivity contribution >= 4 is 45.1 Å². The van der Waals surface area contributed by atoms with Gasteiger partial charge in [0.05, 0.1) is 16.6 Å². The van der Waals surface area contributed by atoms with Crippen LogP contribution in [-0.2, 0) is 0 Å². The summed E-state index contributed by atoms with van der Waals surface area (Å²) in [6.45, 7) is 2.35. The van der Waals surface area contributed by atoms with Crippen LogP contribution in [-0.4, -0.2) is 23.0 Å². The highest BCUT2D eigenvalue weighted by Gasteiger charge is 2.41. The van der Waals surface area contributed by atoms with E-state index in [0.717, 1.165) is 17.3 Å². The first-order valence-corrected chi connectivity index (χ1v) is 8.08. The molecule has 1 aromatic carbocycles. The second kappa shape index (κ2) is 6.63. The molecule has 7 heteroatoms. The summed E-state index contributed by atoms with van der Waals surface area (Å²) < 4.78 is 0.750. The van der Waals surface area contributed by atoms with E-state index in [4.69, 9.17) is 5.73 Å². The Hall–Kier alpha value is -1.37. The van der Waals surface area contributed by atoms with Crippen LogP contribution in [0.4, 0.5) is 0 Å². The number of carbonyl (C=O) groups is 1. The fraction of sp³-hybridized carbons (Fsp3) is 0.375. The van der Waals surface area contributed by atoms with E-state index in [0.29, 0.717) is 28.9 Å². The minimum absolute atomic E-state index is 0. The summed E-state index contributed by atoms with van der Waals surface area (Å²) in [4.78, 5) is 27.3. The van der Waals surface area contributed by atoms with Crippen molar-refractivity contribution < 1.29 is 4.79 Å². The van der Waals surface area contributed by atoms with Crippen LogP contribution in [0.2, 0.25) is 0 Å². The monoisotopic (exact) mass is 399 g/mol. The number of fused-ring (bicyclic) bond motifs is 1. The molecule has 3 rings (SSSR count). The Bertz CT molecular complexity index is 804. The van der Waals surface area contributed by atoms with Gasteiger partial charge in [0, 0.05) is 22.5 Å². The van der Waals surface area contributed by atoms with Crippen LogP contribution in [0, 0.1) is 5.92 Å². The number of benzene rings is 1. The molecule has 1 saturated carbocycles. The highest BCUT2D eigenvalue weighted by Crippen LogP contribution is 2.39. The highest BCUT2D eigenvalue weighted by atomic mass is 79.9. The van der Waals surface area contributed by atoms with Gasteiger partial charge in [-0.3, -0.25) is 9.59 Å². The molecule has 0 spiro atoms. The topological polar surface area (TPSA) is 88.0 Å². The van der Waals surface area contributed by atoms with Crippen LogP contribution in [0.25, 0.3) is 10.9 Å². The van der Waals surface area contributed by atoms with E-state index >= 15 is 0 Å². The minimum atomic E-state index is -0.419. The second-order valence-electron chi connectivity index (χ2n) is 6.06. The lowest BCUT2D eigenvalue weighted by Crippen LogP contribution is -2.53. The molecule has 0 radical (unpaired) electrons. The van der Waals surface area contributed by atoms with Crippen molar-refractivity contribution in [2.45, 2.75) is 25.3 Å². The quantitative estimate of drug-likeness (QED) is 0.737. The summed E-state index contributed by atoms with van der Waals surface area (Å²) in [6.07, 6.45) is 2.16. The van der Waals surface area contributed by atoms with Gasteiger partial charge >= 0.3 is 0 Å². The summed E-state index contributed by atoms with van der Waals surface area (Å²) >= 11 is 3.40. The van der Waals surface area contributed by atoms with Crippen molar-refractivity contribution in [2.75, 3.05) is 6.54 Å². The molecular weight excluding hydrogens is 382 g/mol. The maximum absolute atomic E-state index is 12.7. The summed E-state index contributed by atoms with van der Waals surface area (Å²) in [5, 5.41) is 3.74. The van der Waals surface area contributed by atoms with E-state index in [9.17, 15) is 9.59 Å². The maximum atomic E-state index is 12.7. The number of aromatic amines is 1. The third-order valence-corrected chi connectivity index (χ3v) is 5.03. The van der Waals surface area contributed by atoms with Crippen molar-refractivity contribution in [1.29, 1.82) is 0 Å². The lowest BCUT2D eigenvalue weighted by molar-refractivity contribution is 0.0899. The molecule has 1 aliphatic carbocycles. The number of nitrogens with one attached hydrogen (secondary N) is 2. The average molecular weight is 401 g/mol. The Morgan fingerprint density at radius 1 is 1.48 bits per heavy atom. The Kier molecular flexibility index (Phi) is 5.18. The summed E-state index contributed by atoms with van der Waals surface area (Å²) in [7, 11) is 0. The first-order valence-electron chi connectivity index (χ1n) is 7.29. The number of hydrogen-bond acceptors (Lipinski definition) is 3. The molecule has 1 heterocycles. The number of para-hydroxylation sites is 1. The first kappa shape index (κ1) is 18.0. The first-order chi connectivity index (χ1) is 10.4. The number of hydrogen-bond donors (Lipinski definition) is 3. The zero-order valence-corrected chi connectivity index (χ0v) is 15.1. The van der Waals surface area contributed by atoms with E-state index in [1.54, 1.807) is 0 Å². The van der Waals surface area contributed by atoms with Crippen molar-refractivity contribution in [3.05, 3.63) is 44.7 Å². The predicted molar refractivity (Wildman–Crippen MR) is 97.2 cm³/mol. The van der Waals surface area contributed by atoms with E-state index < -0.39 is 5.54 Å². The van der Waals surface area contributed by atoms with Crippen LogP contribution in [0.15, 0.2) is 33.5 Å². The van der Waals surface area contributed by atoms with Gasteiger partial charge in [-0.15, -0.1) is 12.4 Å². The van der Waals surface area contributed by atoms with Gasteiger partial charge in [-0.05, 0) is 47.7 Å². The van der Waals surface area contributed by atoms with E-state index in [2.05, 4.69) is 26.2 Å². The average Bonchev–Trinajstić information content (AvgIpc) is 3.32. The molecule has 1 unspecified atom stereocenters. The minimum Gasteiger partial charge on any atom is -0.345 e. The summed E-state index contributed by atoms with van der Waals surface area (Å²) in [5.41, 5.74) is 6.13. The number of halogens is 2. The van der Waals surface area contributed by atoms with Crippen molar-refractivity contribution in [2.24, 2.45) is 11.7 Å². The molecule has 23 heavy (non-hydrogen) atoms. The van der Waals surface area contributed by atoms with Crippen LogP contribution < -0.4 is 16.6 Å². The van der Waals surface area contributed by atoms with Crippen LogP contribution in [0.3, 0.4) is 0 Å². The van der Waals surface area contributed by atoms with Gasteiger partial charge in [0.1, 0.15) is 0 Å². The largest absolute Gasteiger partial charge is 0.345 e. The van der Waals surface area contributed by atoms with Crippen molar-refractivity contribution in [3.63, 3.8) is 0 Å². The van der Waals surface area contributed by atoms with Crippen molar-refractivity contribution in [3.8, 4) is 0 Å². The molecule has 1 amide bonds. The summed E-state index contributed by atoms with van der Waals surface area (Å²) in [6, 6.07) is 6.83. The molecule has 5 nitrogen and oxygen atoms in total. The van der Waals surface area contributed by atoms with Crippen molar-refractivity contribution in [1.82, 2.24) is 10.3 Å². The third kappa shape index (κ3) is 3.44. The zero-order chi connectivity index (χ0) is 15.9. The second-order valence-corrected chi connectivity index (χ2v) is 6.91. The Labute approximate surface area is 148 Å². The lowest BCUT2D eigenvalue weighted by Gasteiger charge is -2.29. The van der Waals surface area contributed by atoms with Gasteiger partial charge in [-0.2, -0.15) is 0 Å². The maximum Gasteiger partial charge on any atom is 0.252 e. The number of amides is 1. The van der Waals surface area contributed by atoms with Gasteiger partial charge in [0.25, 0.3) is 5.91 Å². The number of H-pyrrole nitrogens is 1. The van der Waals surface area contributed by atoms with Crippen LogP contribution >= 0.6 is 28.3 Å². The molecule has 2 aromatic rings. The van der Waals surface area contributed by atoms with E-state index in [1.807, 2.05) is 25.1 Å². The molecule has 1 aromatic heterocycles. The number of nitrogens with two attached hydrogens (primary N) is 1. The van der Waals surface area contributed by atoms with E-state index in [1.165, 1.54) is 6.07 Å². The fourth-order valence-corrected chi connectivity index (χ4v) is 3.26. The Morgan fingerprint density at radius 2 is 2.17 bits per heavy atom. The molecule has 1 fully saturated rings. The normalized spacial score (nSPS) is 16.5. The fourth-order valence-electron chi connectivity index (χ4n) is 2.80. The zero-order valence-electron chi connectivity index (χ0n) is 12.7.